The first-order valence-electron chi connectivity index (χ1n) is 9.35. The van der Waals surface area contributed by atoms with Crippen LogP contribution in [-0.4, -0.2) is 46.9 Å². The summed E-state index contributed by atoms with van der Waals surface area (Å²) in [5.41, 5.74) is 9.57. The summed E-state index contributed by atoms with van der Waals surface area (Å²) >= 11 is 5.89. The largest absolute Gasteiger partial charge is 0.472 e. The number of hydrogen-bond acceptors (Lipinski definition) is 6. The second-order valence-corrected chi connectivity index (χ2v) is 7.57. The summed E-state index contributed by atoms with van der Waals surface area (Å²) in [4.78, 5) is 8.19. The van der Waals surface area contributed by atoms with Gasteiger partial charge in [-0.3, -0.25) is 4.68 Å². The number of rotatable bonds is 6. The predicted molar refractivity (Wildman–Crippen MR) is 112 cm³/mol. The van der Waals surface area contributed by atoms with Gasteiger partial charge in [-0.15, -0.1) is 5.10 Å². The summed E-state index contributed by atoms with van der Waals surface area (Å²) in [6.07, 6.45) is 2.15. The van der Waals surface area contributed by atoms with Crippen molar-refractivity contribution in [1.29, 1.82) is 0 Å². The number of nitrogens with two attached hydrogens (primary N) is 1. The SMILES string of the molecule is Cc1cc(-n2nc(OCC(F)Cn3cc(C)c4cnc(Cl)nc43)c(N)c2C)n(C)n1. The lowest BCUT2D eigenvalue weighted by Crippen LogP contribution is -2.20. The second-order valence-electron chi connectivity index (χ2n) is 7.23. The number of ether oxygens (including phenoxy) is 1. The number of fused-ring (bicyclic) bond motifs is 1. The molecular formula is C19H22ClFN8O. The number of alkyl halides is 1. The molecule has 11 heteroatoms. The third kappa shape index (κ3) is 3.58. The Kier molecular flexibility index (Phi) is 5.10. The van der Waals surface area contributed by atoms with E-state index in [1.165, 1.54) is 0 Å². The minimum absolute atomic E-state index is 0.0538. The van der Waals surface area contributed by atoms with Crippen LogP contribution in [-0.2, 0) is 13.6 Å². The molecule has 158 valence electrons. The topological polar surface area (TPSA) is 102 Å². The average Bonchev–Trinajstić information content (AvgIpc) is 3.28. The molecule has 0 radical (unpaired) electrons. The van der Waals surface area contributed by atoms with Gasteiger partial charge in [-0.05, 0) is 37.9 Å². The Bertz CT molecular complexity index is 1230. The number of nitrogen functional groups attached to an aromatic ring is 1. The molecule has 0 aliphatic carbocycles. The Balaban J connectivity index is 1.50. The highest BCUT2D eigenvalue weighted by molar-refractivity contribution is 6.28. The maximum Gasteiger partial charge on any atom is 0.257 e. The summed E-state index contributed by atoms with van der Waals surface area (Å²) in [5.74, 6) is 0.933. The normalized spacial score (nSPS) is 12.6. The number of hydrogen-bond donors (Lipinski definition) is 1. The van der Waals surface area contributed by atoms with Crippen LogP contribution >= 0.6 is 11.6 Å². The van der Waals surface area contributed by atoms with Gasteiger partial charge in [-0.2, -0.15) is 10.1 Å². The summed E-state index contributed by atoms with van der Waals surface area (Å²) in [6.45, 7) is 5.47. The van der Waals surface area contributed by atoms with Gasteiger partial charge in [0.25, 0.3) is 5.88 Å². The predicted octanol–water partition coefficient (Wildman–Crippen LogP) is 2.93. The van der Waals surface area contributed by atoms with Crippen LogP contribution < -0.4 is 10.5 Å². The van der Waals surface area contributed by atoms with Crippen LogP contribution in [0.1, 0.15) is 17.0 Å². The molecule has 1 atom stereocenters. The van der Waals surface area contributed by atoms with Crippen molar-refractivity contribution in [3.8, 4) is 11.7 Å². The van der Waals surface area contributed by atoms with Gasteiger partial charge in [0.15, 0.2) is 12.0 Å². The van der Waals surface area contributed by atoms with E-state index in [1.54, 1.807) is 20.1 Å². The van der Waals surface area contributed by atoms with Crippen molar-refractivity contribution in [3.05, 3.63) is 40.7 Å². The fourth-order valence-corrected chi connectivity index (χ4v) is 3.53. The summed E-state index contributed by atoms with van der Waals surface area (Å²) in [6, 6.07) is 1.88. The molecule has 4 heterocycles. The lowest BCUT2D eigenvalue weighted by molar-refractivity contribution is 0.175. The second kappa shape index (κ2) is 7.60. The molecule has 4 rings (SSSR count). The van der Waals surface area contributed by atoms with Crippen LogP contribution in [0, 0.1) is 20.8 Å². The van der Waals surface area contributed by atoms with E-state index in [0.717, 1.165) is 22.5 Å². The Morgan fingerprint density at radius 3 is 2.73 bits per heavy atom. The van der Waals surface area contributed by atoms with E-state index in [9.17, 15) is 4.39 Å². The van der Waals surface area contributed by atoms with E-state index >= 15 is 0 Å². The van der Waals surface area contributed by atoms with Crippen LogP contribution in [0.3, 0.4) is 0 Å². The molecule has 0 amide bonds. The molecule has 0 aromatic carbocycles. The summed E-state index contributed by atoms with van der Waals surface area (Å²) in [5, 5.41) is 9.66. The van der Waals surface area contributed by atoms with Gasteiger partial charge in [-0.25, -0.2) is 14.1 Å². The summed E-state index contributed by atoms with van der Waals surface area (Å²) in [7, 11) is 1.82. The molecule has 4 aromatic rings. The van der Waals surface area contributed by atoms with Crippen molar-refractivity contribution in [1.82, 2.24) is 34.1 Å². The third-order valence-electron chi connectivity index (χ3n) is 4.90. The Morgan fingerprint density at radius 1 is 1.27 bits per heavy atom. The third-order valence-corrected chi connectivity index (χ3v) is 5.09. The fraction of sp³-hybridized carbons (Fsp3) is 0.368. The van der Waals surface area contributed by atoms with Crippen molar-refractivity contribution in [2.45, 2.75) is 33.5 Å². The number of halogens is 2. The van der Waals surface area contributed by atoms with E-state index in [4.69, 9.17) is 22.1 Å². The maximum atomic E-state index is 14.7. The van der Waals surface area contributed by atoms with Crippen molar-refractivity contribution in [2.24, 2.45) is 7.05 Å². The zero-order valence-electron chi connectivity index (χ0n) is 17.1. The average molecular weight is 433 g/mol. The first-order chi connectivity index (χ1) is 14.2. The van der Waals surface area contributed by atoms with Gasteiger partial charge >= 0.3 is 0 Å². The molecule has 1 unspecified atom stereocenters. The minimum atomic E-state index is -1.31. The molecule has 0 saturated heterocycles. The highest BCUT2D eigenvalue weighted by atomic mass is 35.5. The van der Waals surface area contributed by atoms with Crippen molar-refractivity contribution >= 4 is 28.3 Å². The van der Waals surface area contributed by atoms with Gasteiger partial charge in [0, 0.05) is 30.9 Å². The lowest BCUT2D eigenvalue weighted by atomic mass is 10.3. The monoisotopic (exact) mass is 432 g/mol. The molecule has 0 bridgehead atoms. The molecular weight excluding hydrogens is 411 g/mol. The summed E-state index contributed by atoms with van der Waals surface area (Å²) < 4.78 is 25.4. The Hall–Kier alpha value is -3.14. The smallest absolute Gasteiger partial charge is 0.257 e. The van der Waals surface area contributed by atoms with Crippen molar-refractivity contribution in [3.63, 3.8) is 0 Å². The van der Waals surface area contributed by atoms with Gasteiger partial charge in [0.1, 0.15) is 17.9 Å². The van der Waals surface area contributed by atoms with Gasteiger partial charge < -0.3 is 15.0 Å². The van der Waals surface area contributed by atoms with Gasteiger partial charge in [0.05, 0.1) is 17.9 Å². The first-order valence-corrected chi connectivity index (χ1v) is 9.73. The van der Waals surface area contributed by atoms with Crippen LogP contribution in [0.2, 0.25) is 5.28 Å². The number of aryl methyl sites for hydroxylation is 3. The standard InChI is InChI=1S/C19H22ClFN8O/c1-10-7-28(17-14(10)6-23-19(20)24-17)8-13(21)9-30-18-16(22)12(3)29(26-18)15-5-11(2)25-27(15)4/h5-7,13H,8-9,22H2,1-4H3. The van der Waals surface area contributed by atoms with E-state index in [2.05, 4.69) is 20.2 Å². The molecule has 9 nitrogen and oxygen atoms in total. The molecule has 0 fully saturated rings. The fourth-order valence-electron chi connectivity index (χ4n) is 3.40. The molecule has 2 N–H and O–H groups in total. The van der Waals surface area contributed by atoms with Crippen molar-refractivity contribution < 1.29 is 9.13 Å². The van der Waals surface area contributed by atoms with Crippen LogP contribution in [0.4, 0.5) is 10.1 Å². The van der Waals surface area contributed by atoms with Gasteiger partial charge in [-0.1, -0.05) is 0 Å². The maximum absolute atomic E-state index is 14.7. The Morgan fingerprint density at radius 2 is 2.03 bits per heavy atom. The highest BCUT2D eigenvalue weighted by Crippen LogP contribution is 2.27. The van der Waals surface area contributed by atoms with Gasteiger partial charge in [0.2, 0.25) is 5.28 Å². The zero-order chi connectivity index (χ0) is 21.6. The van der Waals surface area contributed by atoms with E-state index in [0.29, 0.717) is 17.0 Å². The molecule has 0 spiro atoms. The van der Waals surface area contributed by atoms with Crippen LogP contribution in [0.15, 0.2) is 18.5 Å². The lowest BCUT2D eigenvalue weighted by Gasteiger charge is -2.11. The van der Waals surface area contributed by atoms with E-state index in [-0.39, 0.29) is 24.3 Å². The van der Waals surface area contributed by atoms with Crippen LogP contribution in [0.5, 0.6) is 5.88 Å². The highest BCUT2D eigenvalue weighted by Gasteiger charge is 2.19. The first kappa shape index (κ1) is 20.1. The number of aromatic nitrogens is 7. The molecule has 0 saturated carbocycles. The quantitative estimate of drug-likeness (QED) is 0.470. The van der Waals surface area contributed by atoms with E-state index < -0.39 is 6.17 Å². The molecule has 30 heavy (non-hydrogen) atoms. The number of anilines is 1. The molecule has 0 aliphatic rings. The van der Waals surface area contributed by atoms with E-state index in [1.807, 2.05) is 40.1 Å². The van der Waals surface area contributed by atoms with Crippen molar-refractivity contribution in [2.75, 3.05) is 12.3 Å². The zero-order valence-corrected chi connectivity index (χ0v) is 17.9. The molecule has 4 aromatic heterocycles. The minimum Gasteiger partial charge on any atom is -0.472 e. The Labute approximate surface area is 177 Å². The number of nitrogens with zero attached hydrogens (tertiary/aromatic N) is 7. The molecule has 0 aliphatic heterocycles. The van der Waals surface area contributed by atoms with Crippen LogP contribution in [0.25, 0.3) is 16.9 Å².